The molecule has 0 aromatic heterocycles. The van der Waals surface area contributed by atoms with Gasteiger partial charge in [0.2, 0.25) is 0 Å². The summed E-state index contributed by atoms with van der Waals surface area (Å²) in [5.41, 5.74) is 3.39. The van der Waals surface area contributed by atoms with Gasteiger partial charge in [-0.1, -0.05) is 74.4 Å². The van der Waals surface area contributed by atoms with Gasteiger partial charge in [-0.15, -0.1) is 0 Å². The van der Waals surface area contributed by atoms with Crippen molar-refractivity contribution in [3.8, 4) is 22.3 Å². The average molecular weight is 426 g/mol. The van der Waals surface area contributed by atoms with Crippen LogP contribution in [0.4, 0.5) is 17.6 Å². The standard InChI is InChI=1S/C27H26F4/c1-2-3-18-4-5-23(16-18)21-10-6-19(7-11-21)20-8-12-22(13-9-20)24-14-15-25(26(28)17-24)27(29,30)31/h6-15,17-18,23H,2-5,16H2,1H3. The summed E-state index contributed by atoms with van der Waals surface area (Å²) in [5, 5.41) is 0. The molecule has 0 saturated heterocycles. The Morgan fingerprint density at radius 1 is 0.774 bits per heavy atom. The number of hydrogen-bond donors (Lipinski definition) is 0. The van der Waals surface area contributed by atoms with Crippen LogP contribution in [0.3, 0.4) is 0 Å². The Labute approximate surface area is 180 Å². The van der Waals surface area contributed by atoms with Crippen molar-refractivity contribution >= 4 is 0 Å². The molecule has 0 radical (unpaired) electrons. The quantitative estimate of drug-likeness (QED) is 0.357. The van der Waals surface area contributed by atoms with Gasteiger partial charge in [-0.2, -0.15) is 13.2 Å². The maximum absolute atomic E-state index is 13.9. The van der Waals surface area contributed by atoms with E-state index in [9.17, 15) is 17.6 Å². The predicted molar refractivity (Wildman–Crippen MR) is 117 cm³/mol. The summed E-state index contributed by atoms with van der Waals surface area (Å²) in [5.74, 6) is 0.262. The fraction of sp³-hybridized carbons (Fsp3) is 0.333. The molecule has 3 aromatic carbocycles. The van der Waals surface area contributed by atoms with Crippen molar-refractivity contribution in [1.82, 2.24) is 0 Å². The molecular weight excluding hydrogens is 400 g/mol. The topological polar surface area (TPSA) is 0 Å². The molecule has 1 saturated carbocycles. The van der Waals surface area contributed by atoms with Gasteiger partial charge in [0.05, 0.1) is 5.56 Å². The lowest BCUT2D eigenvalue weighted by molar-refractivity contribution is -0.139. The van der Waals surface area contributed by atoms with Crippen molar-refractivity contribution in [2.45, 2.75) is 51.1 Å². The highest BCUT2D eigenvalue weighted by molar-refractivity contribution is 5.70. The van der Waals surface area contributed by atoms with Gasteiger partial charge in [-0.05, 0) is 71.0 Å². The second kappa shape index (κ2) is 8.86. The number of benzene rings is 3. The molecule has 0 heterocycles. The molecule has 31 heavy (non-hydrogen) atoms. The Bertz CT molecular complexity index is 1020. The molecule has 1 aliphatic rings. The van der Waals surface area contributed by atoms with Crippen molar-refractivity contribution in [2.75, 3.05) is 0 Å². The van der Waals surface area contributed by atoms with Gasteiger partial charge < -0.3 is 0 Å². The minimum atomic E-state index is -4.69. The molecule has 0 N–H and O–H groups in total. The van der Waals surface area contributed by atoms with Gasteiger partial charge in [0.1, 0.15) is 5.82 Å². The summed E-state index contributed by atoms with van der Waals surface area (Å²) in [7, 11) is 0. The minimum absolute atomic E-state index is 0.426. The van der Waals surface area contributed by atoms with Crippen LogP contribution in [0.25, 0.3) is 22.3 Å². The SMILES string of the molecule is CCCC1CCC(c2ccc(-c3ccc(-c4ccc(C(F)(F)F)c(F)c4)cc3)cc2)C1. The van der Waals surface area contributed by atoms with Gasteiger partial charge in [-0.25, -0.2) is 4.39 Å². The van der Waals surface area contributed by atoms with Gasteiger partial charge in [0.25, 0.3) is 0 Å². The van der Waals surface area contributed by atoms with Crippen LogP contribution >= 0.6 is 0 Å². The summed E-state index contributed by atoms with van der Waals surface area (Å²) in [6.07, 6.45) is 1.77. The van der Waals surface area contributed by atoms with E-state index in [-0.39, 0.29) is 0 Å². The van der Waals surface area contributed by atoms with Crippen molar-refractivity contribution in [3.05, 3.63) is 83.7 Å². The molecule has 0 aliphatic heterocycles. The second-order valence-electron chi connectivity index (χ2n) is 8.56. The molecule has 0 amide bonds. The van der Waals surface area contributed by atoms with Crippen LogP contribution in [0.1, 0.15) is 56.1 Å². The lowest BCUT2D eigenvalue weighted by Gasteiger charge is -2.13. The van der Waals surface area contributed by atoms with Gasteiger partial charge in [0.15, 0.2) is 0 Å². The van der Waals surface area contributed by atoms with E-state index >= 15 is 0 Å². The third-order valence-electron chi connectivity index (χ3n) is 6.45. The Kier molecular flexibility index (Phi) is 6.17. The highest BCUT2D eigenvalue weighted by Crippen LogP contribution is 2.40. The van der Waals surface area contributed by atoms with Crippen LogP contribution in [0.5, 0.6) is 0 Å². The molecule has 1 aliphatic carbocycles. The summed E-state index contributed by atoms with van der Waals surface area (Å²) in [6.45, 7) is 2.25. The summed E-state index contributed by atoms with van der Waals surface area (Å²) < 4.78 is 52.2. The van der Waals surface area contributed by atoms with E-state index in [0.29, 0.717) is 17.0 Å². The molecule has 4 heteroatoms. The molecule has 4 rings (SSSR count). The van der Waals surface area contributed by atoms with Crippen LogP contribution in [0.15, 0.2) is 66.7 Å². The van der Waals surface area contributed by atoms with Crippen molar-refractivity contribution in [1.29, 1.82) is 0 Å². The second-order valence-corrected chi connectivity index (χ2v) is 8.56. The highest BCUT2D eigenvalue weighted by atomic mass is 19.4. The third-order valence-corrected chi connectivity index (χ3v) is 6.45. The fourth-order valence-corrected chi connectivity index (χ4v) is 4.78. The maximum Gasteiger partial charge on any atom is 0.419 e. The average Bonchev–Trinajstić information content (AvgIpc) is 3.22. The van der Waals surface area contributed by atoms with Crippen LogP contribution in [-0.4, -0.2) is 0 Å². The molecule has 2 atom stereocenters. The summed E-state index contributed by atoms with van der Waals surface area (Å²) in [6, 6.07) is 19.2. The summed E-state index contributed by atoms with van der Waals surface area (Å²) in [4.78, 5) is 0. The van der Waals surface area contributed by atoms with Crippen molar-refractivity contribution < 1.29 is 17.6 Å². The zero-order valence-corrected chi connectivity index (χ0v) is 17.6. The number of alkyl halides is 3. The minimum Gasteiger partial charge on any atom is -0.206 e. The monoisotopic (exact) mass is 426 g/mol. The normalized spacial score (nSPS) is 19.0. The third kappa shape index (κ3) is 4.84. The van der Waals surface area contributed by atoms with Gasteiger partial charge >= 0.3 is 6.18 Å². The lowest BCUT2D eigenvalue weighted by Crippen LogP contribution is -2.07. The number of rotatable bonds is 5. The zero-order valence-electron chi connectivity index (χ0n) is 17.6. The van der Waals surface area contributed by atoms with Crippen molar-refractivity contribution in [3.63, 3.8) is 0 Å². The predicted octanol–water partition coefficient (Wildman–Crippen LogP) is 8.86. The number of halogens is 4. The fourth-order valence-electron chi connectivity index (χ4n) is 4.78. The first-order valence-corrected chi connectivity index (χ1v) is 10.9. The maximum atomic E-state index is 13.9. The molecular formula is C27H26F4. The largest absolute Gasteiger partial charge is 0.419 e. The molecule has 0 spiro atoms. The van der Waals surface area contributed by atoms with Crippen LogP contribution in [0, 0.1) is 11.7 Å². The first-order valence-electron chi connectivity index (χ1n) is 10.9. The first kappa shape index (κ1) is 21.6. The van der Waals surface area contributed by atoms with Crippen LogP contribution < -0.4 is 0 Å². The number of hydrogen-bond acceptors (Lipinski definition) is 0. The van der Waals surface area contributed by atoms with E-state index in [1.807, 2.05) is 24.3 Å². The Balaban J connectivity index is 1.48. The Morgan fingerprint density at radius 2 is 1.32 bits per heavy atom. The molecule has 2 unspecified atom stereocenters. The molecule has 1 fully saturated rings. The van der Waals surface area contributed by atoms with E-state index in [0.717, 1.165) is 29.2 Å². The Hall–Kier alpha value is -2.62. The van der Waals surface area contributed by atoms with Gasteiger partial charge in [-0.3, -0.25) is 0 Å². The lowest BCUT2D eigenvalue weighted by atomic mass is 9.93. The van der Waals surface area contributed by atoms with E-state index in [4.69, 9.17) is 0 Å². The van der Waals surface area contributed by atoms with E-state index in [1.165, 1.54) is 43.7 Å². The molecule has 0 bridgehead atoms. The van der Waals surface area contributed by atoms with Crippen LogP contribution in [0.2, 0.25) is 0 Å². The Morgan fingerprint density at radius 3 is 1.87 bits per heavy atom. The zero-order chi connectivity index (χ0) is 22.0. The molecule has 3 aromatic rings. The highest BCUT2D eigenvalue weighted by Gasteiger charge is 2.34. The van der Waals surface area contributed by atoms with Crippen molar-refractivity contribution in [2.24, 2.45) is 5.92 Å². The first-order chi connectivity index (χ1) is 14.8. The van der Waals surface area contributed by atoms with Gasteiger partial charge in [0, 0.05) is 0 Å². The van der Waals surface area contributed by atoms with Crippen LogP contribution in [-0.2, 0) is 6.18 Å². The molecule has 0 nitrogen and oxygen atoms in total. The summed E-state index contributed by atoms with van der Waals surface area (Å²) >= 11 is 0. The smallest absolute Gasteiger partial charge is 0.206 e. The van der Waals surface area contributed by atoms with E-state index in [2.05, 4.69) is 31.2 Å². The molecule has 162 valence electrons. The van der Waals surface area contributed by atoms with E-state index in [1.54, 1.807) is 0 Å². The van der Waals surface area contributed by atoms with E-state index < -0.39 is 17.6 Å².